The van der Waals surface area contributed by atoms with Gasteiger partial charge in [0.1, 0.15) is 12.6 Å². The quantitative estimate of drug-likeness (QED) is 0.337. The second-order valence-electron chi connectivity index (χ2n) is 11.1. The molecule has 218 valence electrons. The first kappa shape index (κ1) is 30.3. The van der Waals surface area contributed by atoms with Crippen molar-refractivity contribution in [3.8, 4) is 0 Å². The number of nitrogens with one attached hydrogen (secondary N) is 1. The van der Waals surface area contributed by atoms with Crippen LogP contribution in [0.4, 0.5) is 5.69 Å². The number of hydrogen-bond donors (Lipinski definition) is 1. The zero-order valence-electron chi connectivity index (χ0n) is 24.5. The van der Waals surface area contributed by atoms with Crippen LogP contribution in [-0.2, 0) is 26.2 Å². The number of anilines is 1. The Balaban J connectivity index is 1.71. The predicted molar refractivity (Wildman–Crippen MR) is 163 cm³/mol. The fourth-order valence-electron chi connectivity index (χ4n) is 5.34. The Hall–Kier alpha value is -3.65. The summed E-state index contributed by atoms with van der Waals surface area (Å²) in [4.78, 5) is 29.3. The first-order valence-corrected chi connectivity index (χ1v) is 15.8. The maximum absolute atomic E-state index is 14.2. The highest BCUT2D eigenvalue weighted by Crippen LogP contribution is 2.29. The van der Waals surface area contributed by atoms with Gasteiger partial charge in [0.15, 0.2) is 0 Å². The minimum absolute atomic E-state index is 0.0963. The van der Waals surface area contributed by atoms with Crippen molar-refractivity contribution in [3.05, 3.63) is 95.1 Å². The lowest BCUT2D eigenvalue weighted by Crippen LogP contribution is -2.53. The van der Waals surface area contributed by atoms with E-state index in [1.165, 1.54) is 27.8 Å². The Bertz CT molecular complexity index is 1470. The van der Waals surface area contributed by atoms with Gasteiger partial charge in [0.05, 0.1) is 10.6 Å². The van der Waals surface area contributed by atoms with Gasteiger partial charge in [-0.25, -0.2) is 8.42 Å². The highest BCUT2D eigenvalue weighted by atomic mass is 32.2. The van der Waals surface area contributed by atoms with Gasteiger partial charge in [0, 0.05) is 12.6 Å². The molecule has 0 heterocycles. The molecule has 2 amide bonds. The standard InChI is InChI=1S/C33H41N3O4S/c1-24-19-20-26(3)31(21-24)36(41(39,40)30-17-9-6-10-18-30)23-32(37)35(22-28-14-12-11-13-25(28)2)27(4)33(38)34-29-15-7-5-8-16-29/h6,9-14,17-21,27,29H,5,7-8,15-16,22-23H2,1-4H3,(H,34,38). The maximum Gasteiger partial charge on any atom is 0.264 e. The van der Waals surface area contributed by atoms with Crippen LogP contribution >= 0.6 is 0 Å². The Morgan fingerprint density at radius 1 is 0.878 bits per heavy atom. The van der Waals surface area contributed by atoms with Gasteiger partial charge in [-0.1, -0.05) is 73.9 Å². The molecule has 0 aromatic heterocycles. The van der Waals surface area contributed by atoms with Crippen molar-refractivity contribution >= 4 is 27.5 Å². The monoisotopic (exact) mass is 575 g/mol. The lowest BCUT2D eigenvalue weighted by atomic mass is 9.95. The highest BCUT2D eigenvalue weighted by molar-refractivity contribution is 7.92. The molecule has 41 heavy (non-hydrogen) atoms. The Kier molecular flexibility index (Phi) is 9.86. The second kappa shape index (κ2) is 13.3. The van der Waals surface area contributed by atoms with Gasteiger partial charge in [0.25, 0.3) is 10.0 Å². The van der Waals surface area contributed by atoms with Crippen LogP contribution < -0.4 is 9.62 Å². The molecule has 0 bridgehead atoms. The zero-order valence-corrected chi connectivity index (χ0v) is 25.3. The van der Waals surface area contributed by atoms with E-state index in [1.807, 2.05) is 57.2 Å². The molecule has 0 spiro atoms. The van der Waals surface area contributed by atoms with Crippen molar-refractivity contribution < 1.29 is 18.0 Å². The summed E-state index contributed by atoms with van der Waals surface area (Å²) >= 11 is 0. The summed E-state index contributed by atoms with van der Waals surface area (Å²) in [6.45, 7) is 7.17. The molecular formula is C33H41N3O4S. The smallest absolute Gasteiger partial charge is 0.264 e. The largest absolute Gasteiger partial charge is 0.352 e. The SMILES string of the molecule is Cc1ccc(C)c(N(CC(=O)N(Cc2ccccc2C)C(C)C(=O)NC2CCCCC2)S(=O)(=O)c2ccccc2)c1. The number of sulfonamides is 1. The van der Waals surface area contributed by atoms with Gasteiger partial charge >= 0.3 is 0 Å². The minimum atomic E-state index is -4.09. The molecule has 1 aliphatic carbocycles. The predicted octanol–water partition coefficient (Wildman–Crippen LogP) is 5.67. The molecule has 1 atom stereocenters. The zero-order chi connectivity index (χ0) is 29.6. The lowest BCUT2D eigenvalue weighted by Gasteiger charge is -2.34. The number of nitrogens with zero attached hydrogens (tertiary/aromatic N) is 2. The van der Waals surface area contributed by atoms with Gasteiger partial charge in [-0.15, -0.1) is 0 Å². The third-order valence-electron chi connectivity index (χ3n) is 7.96. The molecule has 3 aromatic rings. The van der Waals surface area contributed by atoms with Crippen LogP contribution in [0.2, 0.25) is 0 Å². The van der Waals surface area contributed by atoms with Crippen molar-refractivity contribution in [2.24, 2.45) is 0 Å². The lowest BCUT2D eigenvalue weighted by molar-refractivity contribution is -0.139. The second-order valence-corrected chi connectivity index (χ2v) is 12.9. The van der Waals surface area contributed by atoms with Gasteiger partial charge in [-0.05, 0) is 81.0 Å². The maximum atomic E-state index is 14.2. The molecule has 1 saturated carbocycles. The molecule has 1 N–H and O–H groups in total. The summed E-state index contributed by atoms with van der Waals surface area (Å²) in [5.41, 5.74) is 3.95. The summed E-state index contributed by atoms with van der Waals surface area (Å²) in [5.74, 6) is -0.664. The summed E-state index contributed by atoms with van der Waals surface area (Å²) in [7, 11) is -4.09. The number of amides is 2. The van der Waals surface area contributed by atoms with E-state index in [2.05, 4.69) is 5.32 Å². The Morgan fingerprint density at radius 3 is 2.22 bits per heavy atom. The number of carbonyl (C=O) groups excluding carboxylic acids is 2. The van der Waals surface area contributed by atoms with Crippen LogP contribution in [0.5, 0.6) is 0 Å². The first-order valence-electron chi connectivity index (χ1n) is 14.4. The summed E-state index contributed by atoms with van der Waals surface area (Å²) in [5, 5.41) is 3.15. The van der Waals surface area contributed by atoms with Crippen LogP contribution in [0.1, 0.15) is 61.3 Å². The molecule has 4 rings (SSSR count). The van der Waals surface area contributed by atoms with E-state index in [9.17, 15) is 18.0 Å². The van der Waals surface area contributed by atoms with Crippen LogP contribution in [0, 0.1) is 20.8 Å². The fourth-order valence-corrected chi connectivity index (χ4v) is 6.84. The Morgan fingerprint density at radius 2 is 1.54 bits per heavy atom. The number of rotatable bonds is 10. The van der Waals surface area contributed by atoms with E-state index in [0.717, 1.165) is 47.9 Å². The van der Waals surface area contributed by atoms with Crippen LogP contribution in [-0.4, -0.2) is 43.8 Å². The van der Waals surface area contributed by atoms with E-state index in [4.69, 9.17) is 0 Å². The number of benzene rings is 3. The van der Waals surface area contributed by atoms with E-state index >= 15 is 0 Å². The van der Waals surface area contributed by atoms with Crippen molar-refractivity contribution in [3.63, 3.8) is 0 Å². The molecule has 1 aliphatic rings. The fraction of sp³-hybridized carbons (Fsp3) is 0.394. The van der Waals surface area contributed by atoms with E-state index in [1.54, 1.807) is 31.2 Å². The third kappa shape index (κ3) is 7.36. The minimum Gasteiger partial charge on any atom is -0.352 e. The van der Waals surface area contributed by atoms with Gasteiger partial charge in [0.2, 0.25) is 11.8 Å². The third-order valence-corrected chi connectivity index (χ3v) is 9.74. The number of carbonyl (C=O) groups is 2. The van der Waals surface area contributed by atoms with E-state index in [0.29, 0.717) is 5.69 Å². The van der Waals surface area contributed by atoms with Gasteiger partial charge in [-0.2, -0.15) is 0 Å². The molecular weight excluding hydrogens is 534 g/mol. The summed E-state index contributed by atoms with van der Waals surface area (Å²) in [6.07, 6.45) is 5.18. The summed E-state index contributed by atoms with van der Waals surface area (Å²) in [6, 6.07) is 20.7. The number of hydrogen-bond acceptors (Lipinski definition) is 4. The molecule has 3 aromatic carbocycles. The highest BCUT2D eigenvalue weighted by Gasteiger charge is 2.34. The molecule has 0 saturated heterocycles. The normalized spacial score (nSPS) is 14.7. The van der Waals surface area contributed by atoms with Gasteiger partial charge < -0.3 is 10.2 Å². The van der Waals surface area contributed by atoms with E-state index in [-0.39, 0.29) is 23.4 Å². The molecule has 1 fully saturated rings. The molecule has 1 unspecified atom stereocenters. The van der Waals surface area contributed by atoms with Crippen molar-refractivity contribution in [2.75, 3.05) is 10.8 Å². The average Bonchev–Trinajstić information content (AvgIpc) is 2.97. The summed E-state index contributed by atoms with van der Waals surface area (Å²) < 4.78 is 29.2. The molecule has 0 aliphatic heterocycles. The molecule has 8 heteroatoms. The van der Waals surface area contributed by atoms with Crippen LogP contribution in [0.3, 0.4) is 0 Å². The first-order chi connectivity index (χ1) is 19.6. The van der Waals surface area contributed by atoms with Crippen molar-refractivity contribution in [1.29, 1.82) is 0 Å². The van der Waals surface area contributed by atoms with Gasteiger partial charge in [-0.3, -0.25) is 13.9 Å². The Labute approximate surface area is 244 Å². The van der Waals surface area contributed by atoms with Crippen LogP contribution in [0.25, 0.3) is 0 Å². The number of aryl methyl sites for hydroxylation is 3. The average molecular weight is 576 g/mol. The molecule has 0 radical (unpaired) electrons. The molecule has 7 nitrogen and oxygen atoms in total. The van der Waals surface area contributed by atoms with Crippen molar-refractivity contribution in [1.82, 2.24) is 10.2 Å². The topological polar surface area (TPSA) is 86.8 Å². The van der Waals surface area contributed by atoms with Crippen molar-refractivity contribution in [2.45, 2.75) is 83.3 Å². The van der Waals surface area contributed by atoms with Crippen LogP contribution in [0.15, 0.2) is 77.7 Å². The van der Waals surface area contributed by atoms with E-state index < -0.39 is 28.5 Å².